The minimum absolute atomic E-state index is 0.0122. The number of amides is 1. The average molecular weight is 392 g/mol. The highest BCUT2D eigenvalue weighted by Gasteiger charge is 2.20. The van der Waals surface area contributed by atoms with Gasteiger partial charge in [-0.05, 0) is 31.4 Å². The molecule has 0 fully saturated rings. The van der Waals surface area contributed by atoms with Crippen LogP contribution in [-0.2, 0) is 14.8 Å². The molecule has 1 amide bonds. The Balaban J connectivity index is 1.69. The first-order chi connectivity index (χ1) is 12.3. The van der Waals surface area contributed by atoms with E-state index in [1.54, 1.807) is 12.1 Å². The van der Waals surface area contributed by atoms with Gasteiger partial charge in [0.25, 0.3) is 0 Å². The van der Waals surface area contributed by atoms with Gasteiger partial charge in [0, 0.05) is 23.9 Å². The summed E-state index contributed by atoms with van der Waals surface area (Å²) in [6, 6.07) is 7.12. The van der Waals surface area contributed by atoms with E-state index in [9.17, 15) is 13.2 Å². The number of allylic oxidation sites excluding steroid dienone is 2. The zero-order valence-corrected chi connectivity index (χ0v) is 16.3. The molecule has 8 heteroatoms. The number of carbonyl (C=O) groups excluding carboxylic acids is 1. The second-order valence-corrected chi connectivity index (χ2v) is 9.16. The lowest BCUT2D eigenvalue weighted by atomic mass is 9.94. The van der Waals surface area contributed by atoms with Crippen LogP contribution in [0.25, 0.3) is 11.3 Å². The second-order valence-electron chi connectivity index (χ2n) is 6.29. The van der Waals surface area contributed by atoms with Crippen molar-refractivity contribution in [1.82, 2.24) is 4.98 Å². The highest BCUT2D eigenvalue weighted by atomic mass is 32.2. The van der Waals surface area contributed by atoms with Crippen molar-refractivity contribution < 1.29 is 13.2 Å². The molecule has 0 unspecified atom stereocenters. The summed E-state index contributed by atoms with van der Waals surface area (Å²) in [6.45, 7) is 0. The molecule has 2 aromatic rings. The van der Waals surface area contributed by atoms with E-state index in [4.69, 9.17) is 0 Å². The molecular formula is C18H21N3O3S2. The molecule has 138 valence electrons. The van der Waals surface area contributed by atoms with Gasteiger partial charge < -0.3 is 5.32 Å². The molecule has 1 atom stereocenters. The molecule has 0 saturated carbocycles. The average Bonchev–Trinajstić information content (AvgIpc) is 3.09. The monoisotopic (exact) mass is 391 g/mol. The van der Waals surface area contributed by atoms with Gasteiger partial charge >= 0.3 is 0 Å². The maximum Gasteiger partial charge on any atom is 0.231 e. The summed E-state index contributed by atoms with van der Waals surface area (Å²) in [5.41, 5.74) is 2.21. The van der Waals surface area contributed by atoms with E-state index in [-0.39, 0.29) is 11.8 Å². The number of thiazole rings is 1. The van der Waals surface area contributed by atoms with Crippen molar-refractivity contribution >= 4 is 38.1 Å². The second kappa shape index (κ2) is 7.59. The molecule has 1 aliphatic rings. The molecule has 3 rings (SSSR count). The van der Waals surface area contributed by atoms with Crippen molar-refractivity contribution in [3.05, 3.63) is 41.8 Å². The van der Waals surface area contributed by atoms with Crippen LogP contribution in [0.4, 0.5) is 10.8 Å². The molecule has 1 aliphatic carbocycles. The number of hydrogen-bond donors (Lipinski definition) is 1. The Kier molecular flexibility index (Phi) is 5.43. The van der Waals surface area contributed by atoms with Crippen molar-refractivity contribution in [2.24, 2.45) is 5.92 Å². The fourth-order valence-electron chi connectivity index (χ4n) is 2.74. The largest absolute Gasteiger partial charge is 0.302 e. The summed E-state index contributed by atoms with van der Waals surface area (Å²) in [4.78, 5) is 16.8. The van der Waals surface area contributed by atoms with E-state index >= 15 is 0 Å². The van der Waals surface area contributed by atoms with Gasteiger partial charge in [-0.3, -0.25) is 9.10 Å². The van der Waals surface area contributed by atoms with Gasteiger partial charge in [-0.2, -0.15) is 0 Å². The topological polar surface area (TPSA) is 79.4 Å². The van der Waals surface area contributed by atoms with Crippen molar-refractivity contribution in [2.45, 2.75) is 19.3 Å². The molecule has 0 bridgehead atoms. The number of rotatable bonds is 5. The molecular weight excluding hydrogens is 370 g/mol. The van der Waals surface area contributed by atoms with Crippen LogP contribution >= 0.6 is 11.3 Å². The van der Waals surface area contributed by atoms with Gasteiger partial charge in [-0.25, -0.2) is 13.4 Å². The van der Waals surface area contributed by atoms with E-state index in [0.717, 1.165) is 30.5 Å². The van der Waals surface area contributed by atoms with Crippen LogP contribution in [0.5, 0.6) is 0 Å². The molecule has 26 heavy (non-hydrogen) atoms. The van der Waals surface area contributed by atoms with E-state index in [2.05, 4.69) is 22.5 Å². The quantitative estimate of drug-likeness (QED) is 0.791. The van der Waals surface area contributed by atoms with Crippen LogP contribution in [0.3, 0.4) is 0 Å². The smallest absolute Gasteiger partial charge is 0.231 e. The predicted molar refractivity (Wildman–Crippen MR) is 106 cm³/mol. The van der Waals surface area contributed by atoms with Crippen LogP contribution in [0.1, 0.15) is 19.3 Å². The van der Waals surface area contributed by atoms with Crippen molar-refractivity contribution in [3.63, 3.8) is 0 Å². The third kappa shape index (κ3) is 4.31. The summed E-state index contributed by atoms with van der Waals surface area (Å²) < 4.78 is 24.4. The molecule has 1 N–H and O–H groups in total. The van der Waals surface area contributed by atoms with Gasteiger partial charge in [0.2, 0.25) is 15.9 Å². The number of nitrogens with one attached hydrogen (secondary N) is 1. The van der Waals surface area contributed by atoms with Gasteiger partial charge in [0.1, 0.15) is 0 Å². The minimum Gasteiger partial charge on any atom is -0.302 e. The van der Waals surface area contributed by atoms with Gasteiger partial charge in [-0.15, -0.1) is 11.3 Å². The summed E-state index contributed by atoms with van der Waals surface area (Å²) in [6.07, 6.45) is 7.91. The highest BCUT2D eigenvalue weighted by molar-refractivity contribution is 7.92. The Hall–Kier alpha value is -2.19. The minimum atomic E-state index is -3.29. The van der Waals surface area contributed by atoms with E-state index in [1.165, 1.54) is 28.9 Å². The summed E-state index contributed by atoms with van der Waals surface area (Å²) in [5, 5.41) is 5.36. The Morgan fingerprint density at radius 1 is 1.27 bits per heavy atom. The third-order valence-corrected chi connectivity index (χ3v) is 6.36. The van der Waals surface area contributed by atoms with Crippen LogP contribution < -0.4 is 9.62 Å². The SMILES string of the molecule is CN(c1ccc(-c2csc(NC(=O)[C@@H]3CC=CCC3)n2)cc1)S(C)(=O)=O. The number of anilines is 2. The summed E-state index contributed by atoms with van der Waals surface area (Å²) >= 11 is 1.38. The lowest BCUT2D eigenvalue weighted by Gasteiger charge is -2.16. The first kappa shape index (κ1) is 18.6. The number of nitrogens with zero attached hydrogens (tertiary/aromatic N) is 2. The molecule has 1 aromatic heterocycles. The standard InChI is InChI=1S/C18H21N3O3S2/c1-21(26(2,23)24)15-10-8-13(9-11-15)16-12-25-18(19-16)20-17(22)14-6-4-3-5-7-14/h3-4,8-12,14H,5-7H2,1-2H3,(H,19,20,22)/t14-/m1/s1. The Labute approximate surface area is 157 Å². The van der Waals surface area contributed by atoms with Gasteiger partial charge in [-0.1, -0.05) is 24.3 Å². The van der Waals surface area contributed by atoms with Gasteiger partial charge in [0.05, 0.1) is 17.6 Å². The maximum absolute atomic E-state index is 12.3. The zero-order chi connectivity index (χ0) is 18.7. The molecule has 6 nitrogen and oxygen atoms in total. The number of carbonyl (C=O) groups is 1. The predicted octanol–water partition coefficient (Wildman–Crippen LogP) is 3.50. The number of hydrogen-bond acceptors (Lipinski definition) is 5. The van der Waals surface area contributed by atoms with Crippen LogP contribution in [0, 0.1) is 5.92 Å². The van der Waals surface area contributed by atoms with Crippen LogP contribution in [0.15, 0.2) is 41.8 Å². The molecule has 0 radical (unpaired) electrons. The lowest BCUT2D eigenvalue weighted by Crippen LogP contribution is -2.24. The Morgan fingerprint density at radius 2 is 2.00 bits per heavy atom. The number of sulfonamides is 1. The molecule has 1 aromatic carbocycles. The van der Waals surface area contributed by atoms with Gasteiger partial charge in [0.15, 0.2) is 5.13 Å². The molecule has 0 aliphatic heterocycles. The highest BCUT2D eigenvalue weighted by Crippen LogP contribution is 2.28. The maximum atomic E-state index is 12.3. The first-order valence-corrected chi connectivity index (χ1v) is 11.0. The molecule has 0 saturated heterocycles. The van der Waals surface area contributed by atoms with E-state index < -0.39 is 10.0 Å². The van der Waals surface area contributed by atoms with Crippen molar-refractivity contribution in [3.8, 4) is 11.3 Å². The summed E-state index contributed by atoms with van der Waals surface area (Å²) in [7, 11) is -1.77. The lowest BCUT2D eigenvalue weighted by molar-refractivity contribution is -0.120. The Bertz CT molecular complexity index is 917. The number of aromatic nitrogens is 1. The van der Waals surface area contributed by atoms with E-state index in [1.807, 2.05) is 17.5 Å². The number of benzene rings is 1. The zero-order valence-electron chi connectivity index (χ0n) is 14.7. The van der Waals surface area contributed by atoms with Crippen molar-refractivity contribution in [2.75, 3.05) is 22.9 Å². The fraction of sp³-hybridized carbons (Fsp3) is 0.333. The normalized spacial score (nSPS) is 17.1. The van der Waals surface area contributed by atoms with E-state index in [0.29, 0.717) is 10.8 Å². The first-order valence-electron chi connectivity index (χ1n) is 8.30. The van der Waals surface area contributed by atoms with Crippen LogP contribution in [-0.4, -0.2) is 32.6 Å². The Morgan fingerprint density at radius 3 is 2.62 bits per heavy atom. The van der Waals surface area contributed by atoms with Crippen molar-refractivity contribution in [1.29, 1.82) is 0 Å². The van der Waals surface area contributed by atoms with Crippen LogP contribution in [0.2, 0.25) is 0 Å². The summed E-state index contributed by atoms with van der Waals surface area (Å²) in [5.74, 6) is 0.0264. The molecule has 0 spiro atoms. The fourth-order valence-corrected chi connectivity index (χ4v) is 3.96. The molecule has 1 heterocycles. The third-order valence-electron chi connectivity index (χ3n) is 4.40.